The number of aliphatic carboxylic acids is 1. The van der Waals surface area contributed by atoms with Crippen molar-refractivity contribution in [1.29, 1.82) is 0 Å². The number of halogens is 1. The summed E-state index contributed by atoms with van der Waals surface area (Å²) in [7, 11) is -2.12. The Hall–Kier alpha value is -0.900. The molecule has 1 aromatic rings. The van der Waals surface area contributed by atoms with Crippen LogP contribution in [0.3, 0.4) is 0 Å². The van der Waals surface area contributed by atoms with Crippen molar-refractivity contribution in [3.8, 4) is 0 Å². The molecule has 0 amide bonds. The fourth-order valence-corrected chi connectivity index (χ4v) is 3.97. The van der Waals surface area contributed by atoms with Crippen molar-refractivity contribution < 1.29 is 22.7 Å². The van der Waals surface area contributed by atoms with Crippen LogP contribution in [0.1, 0.15) is 18.6 Å². The second-order valence-corrected chi connectivity index (χ2v) is 7.80. The molecule has 0 radical (unpaired) electrons. The summed E-state index contributed by atoms with van der Waals surface area (Å²) in [5, 5.41) is 8.94. The first kappa shape index (κ1) is 16.5. The molecule has 0 aromatic carbocycles. The number of rotatable bonds is 5. The molecule has 1 N–H and O–H groups in total. The van der Waals surface area contributed by atoms with Gasteiger partial charge in [-0.25, -0.2) is 0 Å². The third-order valence-electron chi connectivity index (χ3n) is 3.53. The summed E-state index contributed by atoms with van der Waals surface area (Å²) in [4.78, 5) is 10.9. The molecule has 1 fully saturated rings. The minimum absolute atomic E-state index is 0.132. The highest BCUT2D eigenvalue weighted by molar-refractivity contribution is 9.10. The number of carboxylic acids is 1. The highest BCUT2D eigenvalue weighted by Crippen LogP contribution is 2.22. The van der Waals surface area contributed by atoms with Crippen molar-refractivity contribution in [2.24, 2.45) is 5.92 Å². The first-order chi connectivity index (χ1) is 9.80. The van der Waals surface area contributed by atoms with Gasteiger partial charge in [-0.1, -0.05) is 0 Å². The molecule has 2 heterocycles. The van der Waals surface area contributed by atoms with Crippen LogP contribution in [0.25, 0.3) is 0 Å². The second kappa shape index (κ2) is 6.47. The van der Waals surface area contributed by atoms with E-state index in [9.17, 15) is 13.2 Å². The van der Waals surface area contributed by atoms with Gasteiger partial charge in [-0.3, -0.25) is 4.79 Å². The Bertz CT molecular complexity index is 607. The van der Waals surface area contributed by atoms with Crippen LogP contribution >= 0.6 is 15.9 Å². The van der Waals surface area contributed by atoms with Crippen LogP contribution in [0.2, 0.25) is 0 Å². The van der Waals surface area contributed by atoms with Crippen LogP contribution in [0, 0.1) is 5.92 Å². The smallest absolute Gasteiger partial charge is 0.306 e. The van der Waals surface area contributed by atoms with Gasteiger partial charge >= 0.3 is 5.97 Å². The summed E-state index contributed by atoms with van der Waals surface area (Å²) < 4.78 is 33.2. The average Bonchev–Trinajstić information content (AvgIpc) is 2.84. The standard InChI is InChI=1S/C12H17BrN2O5S/c1-14(8-10-2-3-11(13)20-10)21(18,19)15-6-4-9(5-7-15)12(16)17/h2-3,9H,4-8H2,1H3,(H,16,17). The molecule has 0 bridgehead atoms. The van der Waals surface area contributed by atoms with Gasteiger partial charge < -0.3 is 9.52 Å². The van der Waals surface area contributed by atoms with Crippen LogP contribution in [-0.4, -0.2) is 48.2 Å². The highest BCUT2D eigenvalue weighted by atomic mass is 79.9. The van der Waals surface area contributed by atoms with Gasteiger partial charge in [0.05, 0.1) is 12.5 Å². The third kappa shape index (κ3) is 3.85. The lowest BCUT2D eigenvalue weighted by molar-refractivity contribution is -0.142. The Labute approximate surface area is 131 Å². The summed E-state index contributed by atoms with van der Waals surface area (Å²) in [5.41, 5.74) is 0. The van der Waals surface area contributed by atoms with Gasteiger partial charge in [0, 0.05) is 20.1 Å². The minimum atomic E-state index is -3.60. The van der Waals surface area contributed by atoms with E-state index >= 15 is 0 Å². The number of hydrogen-bond donors (Lipinski definition) is 1. The molecule has 1 saturated heterocycles. The lowest BCUT2D eigenvalue weighted by Gasteiger charge is -2.32. The van der Waals surface area contributed by atoms with E-state index in [0.29, 0.717) is 23.3 Å². The number of piperidine rings is 1. The van der Waals surface area contributed by atoms with E-state index in [2.05, 4.69) is 15.9 Å². The molecular formula is C12H17BrN2O5S. The Morgan fingerprint density at radius 2 is 2.10 bits per heavy atom. The molecule has 2 rings (SSSR count). The van der Waals surface area contributed by atoms with Crippen LogP contribution in [-0.2, 0) is 21.5 Å². The predicted molar refractivity (Wildman–Crippen MR) is 78.7 cm³/mol. The zero-order chi connectivity index (χ0) is 15.6. The number of nitrogens with zero attached hydrogens (tertiary/aromatic N) is 2. The molecule has 9 heteroatoms. The molecule has 0 aliphatic carbocycles. The number of carboxylic acid groups (broad SMARTS) is 1. The summed E-state index contributed by atoms with van der Waals surface area (Å²) in [6.07, 6.45) is 0.684. The van der Waals surface area contributed by atoms with Crippen LogP contribution < -0.4 is 0 Å². The molecule has 0 atom stereocenters. The lowest BCUT2D eigenvalue weighted by Crippen LogP contribution is -2.46. The van der Waals surface area contributed by atoms with Crippen LogP contribution in [0.15, 0.2) is 21.2 Å². The third-order valence-corrected chi connectivity index (χ3v) is 5.89. The molecule has 0 spiro atoms. The van der Waals surface area contributed by atoms with Gasteiger partial charge in [0.15, 0.2) is 4.67 Å². The van der Waals surface area contributed by atoms with E-state index in [1.807, 2.05) is 0 Å². The largest absolute Gasteiger partial charge is 0.481 e. The van der Waals surface area contributed by atoms with E-state index in [4.69, 9.17) is 9.52 Å². The monoisotopic (exact) mass is 380 g/mol. The van der Waals surface area contributed by atoms with E-state index in [-0.39, 0.29) is 19.6 Å². The van der Waals surface area contributed by atoms with E-state index < -0.39 is 22.1 Å². The fraction of sp³-hybridized carbons (Fsp3) is 0.583. The van der Waals surface area contributed by atoms with E-state index in [0.717, 1.165) is 0 Å². The maximum atomic E-state index is 12.4. The van der Waals surface area contributed by atoms with Crippen molar-refractivity contribution >= 4 is 32.1 Å². The zero-order valence-electron chi connectivity index (χ0n) is 11.5. The van der Waals surface area contributed by atoms with Crippen molar-refractivity contribution in [1.82, 2.24) is 8.61 Å². The topological polar surface area (TPSA) is 91.1 Å². The molecule has 118 valence electrons. The van der Waals surface area contributed by atoms with Gasteiger partial charge in [-0.05, 0) is 40.9 Å². The lowest BCUT2D eigenvalue weighted by atomic mass is 9.99. The van der Waals surface area contributed by atoms with Crippen LogP contribution in [0.5, 0.6) is 0 Å². The van der Waals surface area contributed by atoms with Gasteiger partial charge in [0.1, 0.15) is 5.76 Å². The number of hydrogen-bond acceptors (Lipinski definition) is 4. The minimum Gasteiger partial charge on any atom is -0.481 e. The van der Waals surface area contributed by atoms with Gasteiger partial charge in [-0.2, -0.15) is 17.0 Å². The molecule has 7 nitrogen and oxygen atoms in total. The Kier molecular flexibility index (Phi) is 5.07. The number of carbonyl (C=O) groups is 1. The summed E-state index contributed by atoms with van der Waals surface area (Å²) in [6.45, 7) is 0.587. The average molecular weight is 381 g/mol. The van der Waals surface area contributed by atoms with Gasteiger partial charge in [0.25, 0.3) is 10.2 Å². The van der Waals surface area contributed by atoms with Gasteiger partial charge in [0.2, 0.25) is 0 Å². The molecular weight excluding hydrogens is 364 g/mol. The molecule has 1 aromatic heterocycles. The number of furan rings is 1. The maximum absolute atomic E-state index is 12.4. The molecule has 1 aliphatic rings. The quantitative estimate of drug-likeness (QED) is 0.835. The first-order valence-electron chi connectivity index (χ1n) is 6.49. The SMILES string of the molecule is CN(Cc1ccc(Br)o1)S(=O)(=O)N1CCC(C(=O)O)CC1. The summed E-state index contributed by atoms with van der Waals surface area (Å²) >= 11 is 3.17. The van der Waals surface area contributed by atoms with Crippen LogP contribution in [0.4, 0.5) is 0 Å². The zero-order valence-corrected chi connectivity index (χ0v) is 13.9. The molecule has 0 saturated carbocycles. The predicted octanol–water partition coefficient (Wildman–Crippen LogP) is 1.52. The van der Waals surface area contributed by atoms with Crippen molar-refractivity contribution in [2.45, 2.75) is 19.4 Å². The van der Waals surface area contributed by atoms with Crippen molar-refractivity contribution in [3.63, 3.8) is 0 Å². The molecule has 1 aliphatic heterocycles. The normalized spacial score (nSPS) is 18.2. The van der Waals surface area contributed by atoms with Crippen molar-refractivity contribution in [2.75, 3.05) is 20.1 Å². The second-order valence-electron chi connectivity index (χ2n) is 4.98. The highest BCUT2D eigenvalue weighted by Gasteiger charge is 2.33. The Balaban J connectivity index is 1.99. The molecule has 21 heavy (non-hydrogen) atoms. The van der Waals surface area contributed by atoms with E-state index in [1.165, 1.54) is 15.7 Å². The van der Waals surface area contributed by atoms with Gasteiger partial charge in [-0.15, -0.1) is 0 Å². The molecule has 0 unspecified atom stereocenters. The Morgan fingerprint density at radius 1 is 1.48 bits per heavy atom. The summed E-state index contributed by atoms with van der Waals surface area (Å²) in [6, 6.07) is 3.40. The fourth-order valence-electron chi connectivity index (χ4n) is 2.27. The maximum Gasteiger partial charge on any atom is 0.306 e. The Morgan fingerprint density at radius 3 is 2.57 bits per heavy atom. The van der Waals surface area contributed by atoms with E-state index in [1.54, 1.807) is 12.1 Å². The summed E-state index contributed by atoms with van der Waals surface area (Å²) in [5.74, 6) is -0.781. The first-order valence-corrected chi connectivity index (χ1v) is 8.68. The van der Waals surface area contributed by atoms with Crippen molar-refractivity contribution in [3.05, 3.63) is 22.6 Å².